The van der Waals surface area contributed by atoms with E-state index >= 15 is 0 Å². The molecule has 0 aliphatic carbocycles. The van der Waals surface area contributed by atoms with E-state index in [0.29, 0.717) is 13.5 Å². The van der Waals surface area contributed by atoms with Crippen molar-refractivity contribution in [2.24, 2.45) is 0 Å². The van der Waals surface area contributed by atoms with Gasteiger partial charge in [-0.25, -0.2) is 0 Å². The van der Waals surface area contributed by atoms with Crippen LogP contribution in [0.1, 0.15) is 11.1 Å². The van der Waals surface area contributed by atoms with Gasteiger partial charge in [0.25, 0.3) is 0 Å². The highest BCUT2D eigenvalue weighted by Gasteiger charge is 1.93. The molecule has 0 heterocycles. The van der Waals surface area contributed by atoms with Crippen LogP contribution >= 0.6 is 11.6 Å². The fourth-order valence-electron chi connectivity index (χ4n) is 1.04. The van der Waals surface area contributed by atoms with E-state index in [4.69, 9.17) is 16.3 Å². The third-order valence-corrected chi connectivity index (χ3v) is 2.06. The van der Waals surface area contributed by atoms with E-state index in [9.17, 15) is 0 Å². The maximum Gasteiger partial charge on any atom is 0.360 e. The number of benzene rings is 1. The van der Waals surface area contributed by atoms with Crippen LogP contribution in [0.2, 0.25) is 0 Å². The summed E-state index contributed by atoms with van der Waals surface area (Å²) in [5.74, 6) is 0.575. The zero-order valence-electron chi connectivity index (χ0n) is 7.72. The van der Waals surface area contributed by atoms with Crippen molar-refractivity contribution in [3.8, 4) is 0 Å². The Morgan fingerprint density at radius 1 is 1.31 bits per heavy atom. The predicted octanol–water partition coefficient (Wildman–Crippen LogP) is 1.43. The first-order valence-corrected chi connectivity index (χ1v) is 4.73. The molecule has 0 bridgehead atoms. The minimum Gasteiger partial charge on any atom is -0.427 e. The number of halogens is 1. The lowest BCUT2D eigenvalue weighted by molar-refractivity contribution is 0.430. The fourth-order valence-corrected chi connectivity index (χ4v) is 1.22. The standard InChI is InChI=1S/C9H13BClNO/c1-13-10-12-7-9-4-2-8(6-11)3-5-9/h2-5,10,12H,6-7H2,1H3. The number of nitrogens with one attached hydrogen (secondary N) is 1. The second-order valence-electron chi connectivity index (χ2n) is 2.81. The molecule has 0 unspecified atom stereocenters. The van der Waals surface area contributed by atoms with Crippen molar-refractivity contribution in [2.45, 2.75) is 12.4 Å². The lowest BCUT2D eigenvalue weighted by Gasteiger charge is -2.02. The van der Waals surface area contributed by atoms with Gasteiger partial charge >= 0.3 is 7.62 Å². The van der Waals surface area contributed by atoms with E-state index < -0.39 is 0 Å². The highest BCUT2D eigenvalue weighted by molar-refractivity contribution is 6.23. The molecule has 0 saturated heterocycles. The van der Waals surface area contributed by atoms with Crippen LogP contribution in [0.15, 0.2) is 24.3 Å². The molecule has 0 radical (unpaired) electrons. The second-order valence-corrected chi connectivity index (χ2v) is 3.08. The van der Waals surface area contributed by atoms with Crippen LogP contribution in [0.4, 0.5) is 0 Å². The fraction of sp³-hybridized carbons (Fsp3) is 0.333. The summed E-state index contributed by atoms with van der Waals surface area (Å²) in [6.45, 7) is 0.830. The van der Waals surface area contributed by atoms with E-state index in [0.717, 1.165) is 12.1 Å². The molecule has 0 saturated carbocycles. The Morgan fingerprint density at radius 2 is 1.92 bits per heavy atom. The third kappa shape index (κ3) is 3.81. The smallest absolute Gasteiger partial charge is 0.360 e. The first kappa shape index (κ1) is 10.6. The van der Waals surface area contributed by atoms with Gasteiger partial charge in [-0.15, -0.1) is 11.6 Å². The zero-order chi connectivity index (χ0) is 9.52. The number of hydrogen-bond donors (Lipinski definition) is 1. The molecule has 1 aromatic rings. The van der Waals surface area contributed by atoms with Gasteiger partial charge < -0.3 is 9.88 Å². The molecule has 70 valence electrons. The third-order valence-electron chi connectivity index (χ3n) is 1.75. The Hall–Kier alpha value is -0.505. The quantitative estimate of drug-likeness (QED) is 0.438. The molecule has 0 fully saturated rings. The van der Waals surface area contributed by atoms with Crippen molar-refractivity contribution in [1.29, 1.82) is 0 Å². The number of hydrogen-bond acceptors (Lipinski definition) is 2. The molecule has 1 rings (SSSR count). The second kappa shape index (κ2) is 6.03. The van der Waals surface area contributed by atoms with Gasteiger partial charge in [0.1, 0.15) is 0 Å². The van der Waals surface area contributed by atoms with Gasteiger partial charge in [0.2, 0.25) is 0 Å². The predicted molar refractivity (Wildman–Crippen MR) is 57.0 cm³/mol. The first-order chi connectivity index (χ1) is 6.36. The minimum atomic E-state index is 0.575. The highest BCUT2D eigenvalue weighted by Crippen LogP contribution is 2.06. The summed E-state index contributed by atoms with van der Waals surface area (Å²) >= 11 is 5.67. The van der Waals surface area contributed by atoms with Crippen LogP contribution in [-0.4, -0.2) is 14.7 Å². The summed E-state index contributed by atoms with van der Waals surface area (Å²) in [5.41, 5.74) is 2.39. The lowest BCUT2D eigenvalue weighted by atomic mass is 10.1. The molecule has 13 heavy (non-hydrogen) atoms. The van der Waals surface area contributed by atoms with Gasteiger partial charge in [0, 0.05) is 19.5 Å². The molecular weight excluding hydrogens is 184 g/mol. The zero-order valence-corrected chi connectivity index (χ0v) is 8.47. The van der Waals surface area contributed by atoms with Crippen molar-refractivity contribution < 1.29 is 4.65 Å². The van der Waals surface area contributed by atoms with Crippen molar-refractivity contribution in [3.05, 3.63) is 35.4 Å². The average molecular weight is 197 g/mol. The Bertz CT molecular complexity index is 240. The topological polar surface area (TPSA) is 21.3 Å². The minimum absolute atomic E-state index is 0.575. The molecule has 1 aromatic carbocycles. The van der Waals surface area contributed by atoms with Crippen molar-refractivity contribution >= 4 is 19.2 Å². The first-order valence-electron chi connectivity index (χ1n) is 4.20. The van der Waals surface area contributed by atoms with Crippen LogP contribution in [0.5, 0.6) is 0 Å². The van der Waals surface area contributed by atoms with Gasteiger partial charge in [-0.1, -0.05) is 24.3 Å². The van der Waals surface area contributed by atoms with Crippen LogP contribution in [0.25, 0.3) is 0 Å². The molecular formula is C9H13BClNO. The Kier molecular flexibility index (Phi) is 4.90. The van der Waals surface area contributed by atoms with Crippen LogP contribution in [0, 0.1) is 0 Å². The normalized spacial score (nSPS) is 10.0. The molecule has 0 aliphatic rings. The van der Waals surface area contributed by atoms with Crippen LogP contribution in [-0.2, 0) is 17.1 Å². The van der Waals surface area contributed by atoms with Crippen molar-refractivity contribution in [2.75, 3.05) is 7.11 Å². The summed E-state index contributed by atoms with van der Waals surface area (Å²) in [6.07, 6.45) is 0. The van der Waals surface area contributed by atoms with Gasteiger partial charge in [-0.3, -0.25) is 0 Å². The summed E-state index contributed by atoms with van der Waals surface area (Å²) in [4.78, 5) is 0. The summed E-state index contributed by atoms with van der Waals surface area (Å²) < 4.78 is 4.88. The molecule has 2 nitrogen and oxygen atoms in total. The number of alkyl halides is 1. The summed E-state index contributed by atoms with van der Waals surface area (Å²) in [6, 6.07) is 8.22. The molecule has 0 amide bonds. The molecule has 4 heteroatoms. The number of rotatable bonds is 5. The van der Waals surface area contributed by atoms with Gasteiger partial charge in [-0.05, 0) is 11.1 Å². The average Bonchev–Trinajstić information content (AvgIpc) is 2.19. The summed E-state index contributed by atoms with van der Waals surface area (Å²) in [5, 5.41) is 3.13. The lowest BCUT2D eigenvalue weighted by Crippen LogP contribution is -2.19. The molecule has 1 N–H and O–H groups in total. The van der Waals surface area contributed by atoms with Gasteiger partial charge in [-0.2, -0.15) is 0 Å². The molecule has 0 aromatic heterocycles. The molecule has 0 spiro atoms. The highest BCUT2D eigenvalue weighted by atomic mass is 35.5. The van der Waals surface area contributed by atoms with Gasteiger partial charge in [0.15, 0.2) is 0 Å². The monoisotopic (exact) mass is 197 g/mol. The maximum atomic E-state index is 5.67. The Labute approximate surface area is 84.5 Å². The van der Waals surface area contributed by atoms with Crippen LogP contribution in [0.3, 0.4) is 0 Å². The van der Waals surface area contributed by atoms with Crippen molar-refractivity contribution in [1.82, 2.24) is 5.23 Å². The van der Waals surface area contributed by atoms with E-state index in [1.807, 2.05) is 12.1 Å². The van der Waals surface area contributed by atoms with Gasteiger partial charge in [0.05, 0.1) is 0 Å². The SMILES string of the molecule is COBNCc1ccc(CCl)cc1. The van der Waals surface area contributed by atoms with Crippen molar-refractivity contribution in [3.63, 3.8) is 0 Å². The maximum absolute atomic E-state index is 5.67. The molecule has 0 aliphatic heterocycles. The van der Waals surface area contributed by atoms with E-state index in [2.05, 4.69) is 17.4 Å². The van der Waals surface area contributed by atoms with E-state index in [1.54, 1.807) is 7.11 Å². The van der Waals surface area contributed by atoms with E-state index in [1.165, 1.54) is 5.56 Å². The Morgan fingerprint density at radius 3 is 2.46 bits per heavy atom. The largest absolute Gasteiger partial charge is 0.427 e. The van der Waals surface area contributed by atoms with E-state index in [-0.39, 0.29) is 0 Å². The Balaban J connectivity index is 2.40. The van der Waals surface area contributed by atoms with Crippen LogP contribution < -0.4 is 5.23 Å². The molecule has 0 atom stereocenters. The summed E-state index contributed by atoms with van der Waals surface area (Å²) in [7, 11) is 2.25.